The first kappa shape index (κ1) is 21.5. The lowest BCUT2D eigenvalue weighted by Gasteiger charge is -2.22. The lowest BCUT2D eigenvalue weighted by molar-refractivity contribution is -0.137. The number of hydrogen-bond acceptors (Lipinski definition) is 5. The van der Waals surface area contributed by atoms with Crippen LogP contribution >= 0.6 is 0 Å². The van der Waals surface area contributed by atoms with Crippen molar-refractivity contribution in [1.82, 2.24) is 15.0 Å². The number of anilines is 2. The molecule has 2 aromatic heterocycles. The van der Waals surface area contributed by atoms with Crippen LogP contribution in [0.1, 0.15) is 24.0 Å². The number of ether oxygens (including phenoxy) is 1. The van der Waals surface area contributed by atoms with E-state index in [-0.39, 0.29) is 11.8 Å². The summed E-state index contributed by atoms with van der Waals surface area (Å²) in [6.07, 6.45) is -0.650. The Kier molecular flexibility index (Phi) is 5.93. The Morgan fingerprint density at radius 2 is 1.97 bits per heavy atom. The summed E-state index contributed by atoms with van der Waals surface area (Å²) in [7, 11) is 1.42. The van der Waals surface area contributed by atoms with Crippen LogP contribution in [0.3, 0.4) is 0 Å². The van der Waals surface area contributed by atoms with Gasteiger partial charge >= 0.3 is 18.2 Å². The highest BCUT2D eigenvalue weighted by molar-refractivity contribution is 6.01. The maximum absolute atomic E-state index is 13.1. The number of carbonyl (C=O) groups is 1. The van der Waals surface area contributed by atoms with E-state index in [4.69, 9.17) is 4.74 Å². The molecule has 166 valence electrons. The number of urea groups is 1. The SMILES string of the molecule is COc1nccc(NC(=O)N2CCCCc3ccc(-c4cccc(C(F)(F)F)c4)nc32)n1. The lowest BCUT2D eigenvalue weighted by Crippen LogP contribution is -2.36. The number of alkyl halides is 3. The van der Waals surface area contributed by atoms with Gasteiger partial charge in [-0.25, -0.2) is 14.8 Å². The van der Waals surface area contributed by atoms with Crippen LogP contribution in [0, 0.1) is 0 Å². The molecule has 0 bridgehead atoms. The summed E-state index contributed by atoms with van der Waals surface area (Å²) in [5, 5.41) is 2.71. The number of pyridine rings is 1. The van der Waals surface area contributed by atoms with Gasteiger partial charge in [-0.05, 0) is 49.1 Å². The first-order valence-electron chi connectivity index (χ1n) is 9.98. The molecule has 0 saturated carbocycles. The molecule has 0 saturated heterocycles. The van der Waals surface area contributed by atoms with E-state index in [1.54, 1.807) is 12.1 Å². The van der Waals surface area contributed by atoms with E-state index in [0.29, 0.717) is 23.6 Å². The largest absolute Gasteiger partial charge is 0.467 e. The first-order valence-corrected chi connectivity index (χ1v) is 9.98. The van der Waals surface area contributed by atoms with E-state index in [0.717, 1.165) is 37.0 Å². The third-order valence-electron chi connectivity index (χ3n) is 5.07. The standard InChI is InChI=1S/C22H20F3N5O2/c1-32-20-26-11-10-18(28-20)29-21(31)30-12-3-2-5-14-8-9-17(27-19(14)30)15-6-4-7-16(13-15)22(23,24)25/h4,6-11,13H,2-3,5,12H2,1H3,(H,26,28,29,31). The van der Waals surface area contributed by atoms with Crippen LogP contribution < -0.4 is 15.0 Å². The number of rotatable bonds is 3. The second-order valence-electron chi connectivity index (χ2n) is 7.23. The lowest BCUT2D eigenvalue weighted by atomic mass is 10.0. The minimum Gasteiger partial charge on any atom is -0.467 e. The van der Waals surface area contributed by atoms with Crippen molar-refractivity contribution in [2.24, 2.45) is 0 Å². The van der Waals surface area contributed by atoms with Crippen molar-refractivity contribution in [2.45, 2.75) is 25.4 Å². The molecule has 3 aromatic rings. The van der Waals surface area contributed by atoms with Crippen LogP contribution in [0.25, 0.3) is 11.3 Å². The Morgan fingerprint density at radius 1 is 1.12 bits per heavy atom. The van der Waals surface area contributed by atoms with Gasteiger partial charge in [0, 0.05) is 18.3 Å². The average molecular weight is 443 g/mol. The minimum absolute atomic E-state index is 0.115. The molecular formula is C22H20F3N5O2. The number of halogens is 3. The summed E-state index contributed by atoms with van der Waals surface area (Å²) in [6.45, 7) is 0.417. The van der Waals surface area contributed by atoms with E-state index in [1.807, 2.05) is 6.07 Å². The second kappa shape index (κ2) is 8.81. The molecule has 1 aliphatic heterocycles. The van der Waals surface area contributed by atoms with Crippen molar-refractivity contribution < 1.29 is 22.7 Å². The van der Waals surface area contributed by atoms with E-state index < -0.39 is 17.8 Å². The molecule has 0 spiro atoms. The molecule has 32 heavy (non-hydrogen) atoms. The van der Waals surface area contributed by atoms with Crippen LogP contribution in [0.5, 0.6) is 6.01 Å². The van der Waals surface area contributed by atoms with Crippen molar-refractivity contribution in [3.05, 3.63) is 59.8 Å². The van der Waals surface area contributed by atoms with Crippen LogP contribution in [0.4, 0.5) is 29.6 Å². The molecule has 10 heteroatoms. The topological polar surface area (TPSA) is 80.2 Å². The normalized spacial score (nSPS) is 13.8. The van der Waals surface area contributed by atoms with E-state index >= 15 is 0 Å². The summed E-state index contributed by atoms with van der Waals surface area (Å²) in [6, 6.07) is 9.70. The number of hydrogen-bond donors (Lipinski definition) is 1. The Balaban J connectivity index is 1.67. The monoisotopic (exact) mass is 443 g/mol. The number of carbonyl (C=O) groups excluding carboxylic acids is 1. The maximum atomic E-state index is 13.1. The fraction of sp³-hybridized carbons (Fsp3) is 0.273. The molecule has 7 nitrogen and oxygen atoms in total. The van der Waals surface area contributed by atoms with Gasteiger partial charge in [-0.3, -0.25) is 10.2 Å². The van der Waals surface area contributed by atoms with E-state index in [9.17, 15) is 18.0 Å². The fourth-order valence-electron chi connectivity index (χ4n) is 3.50. The zero-order valence-corrected chi connectivity index (χ0v) is 17.2. The maximum Gasteiger partial charge on any atom is 0.416 e. The predicted octanol–water partition coefficient (Wildman–Crippen LogP) is 4.94. The highest BCUT2D eigenvalue weighted by atomic mass is 19.4. The molecule has 1 N–H and O–H groups in total. The van der Waals surface area contributed by atoms with Gasteiger partial charge in [-0.1, -0.05) is 18.2 Å². The first-order chi connectivity index (χ1) is 15.3. The molecular weight excluding hydrogens is 423 g/mol. The molecule has 0 atom stereocenters. The minimum atomic E-state index is -4.45. The van der Waals surface area contributed by atoms with Gasteiger partial charge in [0.05, 0.1) is 18.4 Å². The zero-order valence-electron chi connectivity index (χ0n) is 17.2. The fourth-order valence-corrected chi connectivity index (χ4v) is 3.50. The second-order valence-corrected chi connectivity index (χ2v) is 7.23. The number of fused-ring (bicyclic) bond motifs is 1. The number of benzene rings is 1. The summed E-state index contributed by atoms with van der Waals surface area (Å²) in [5.41, 5.74) is 0.790. The molecule has 2 amide bonds. The van der Waals surface area contributed by atoms with Gasteiger partial charge in [0.15, 0.2) is 0 Å². The van der Waals surface area contributed by atoms with Gasteiger partial charge in [0.1, 0.15) is 11.6 Å². The average Bonchev–Trinajstić information content (AvgIpc) is 3.01. The highest BCUT2D eigenvalue weighted by Gasteiger charge is 2.31. The number of amides is 2. The number of nitrogens with zero attached hydrogens (tertiary/aromatic N) is 4. The smallest absolute Gasteiger partial charge is 0.416 e. The predicted molar refractivity (Wildman–Crippen MR) is 113 cm³/mol. The van der Waals surface area contributed by atoms with Crippen LogP contribution in [0.2, 0.25) is 0 Å². The summed E-state index contributed by atoms with van der Waals surface area (Å²) in [4.78, 5) is 27.1. The summed E-state index contributed by atoms with van der Waals surface area (Å²) < 4.78 is 44.4. The van der Waals surface area contributed by atoms with Gasteiger partial charge in [-0.2, -0.15) is 18.2 Å². The van der Waals surface area contributed by atoms with Crippen LogP contribution in [-0.2, 0) is 12.6 Å². The number of aryl methyl sites for hydroxylation is 1. The highest BCUT2D eigenvalue weighted by Crippen LogP contribution is 2.33. The Morgan fingerprint density at radius 3 is 2.75 bits per heavy atom. The molecule has 0 unspecified atom stereocenters. The quantitative estimate of drug-likeness (QED) is 0.620. The molecule has 0 fully saturated rings. The van der Waals surface area contributed by atoms with Gasteiger partial charge in [-0.15, -0.1) is 0 Å². The number of nitrogens with one attached hydrogen (secondary N) is 1. The van der Waals surface area contributed by atoms with Gasteiger partial charge in [0.25, 0.3) is 0 Å². The third kappa shape index (κ3) is 4.63. The molecule has 1 aliphatic rings. The Hall–Kier alpha value is -3.69. The van der Waals surface area contributed by atoms with Gasteiger partial charge < -0.3 is 4.74 Å². The number of aromatic nitrogens is 3. The van der Waals surface area contributed by atoms with Crippen molar-refractivity contribution in [3.8, 4) is 17.3 Å². The van der Waals surface area contributed by atoms with Crippen LogP contribution in [0.15, 0.2) is 48.7 Å². The van der Waals surface area contributed by atoms with Gasteiger partial charge in [0.2, 0.25) is 0 Å². The molecule has 3 heterocycles. The Bertz CT molecular complexity index is 1140. The molecule has 4 rings (SSSR count). The molecule has 0 aliphatic carbocycles. The summed E-state index contributed by atoms with van der Waals surface area (Å²) >= 11 is 0. The van der Waals surface area contributed by atoms with E-state index in [1.165, 1.54) is 30.3 Å². The van der Waals surface area contributed by atoms with E-state index in [2.05, 4.69) is 20.3 Å². The van der Waals surface area contributed by atoms with Crippen molar-refractivity contribution in [2.75, 3.05) is 23.9 Å². The molecule has 0 radical (unpaired) electrons. The molecule has 1 aromatic carbocycles. The number of methoxy groups -OCH3 is 1. The third-order valence-corrected chi connectivity index (χ3v) is 5.07. The van der Waals surface area contributed by atoms with Crippen molar-refractivity contribution in [3.63, 3.8) is 0 Å². The Labute approximate surface area is 182 Å². The van der Waals surface area contributed by atoms with Crippen LogP contribution in [-0.4, -0.2) is 34.6 Å². The zero-order chi connectivity index (χ0) is 22.7. The summed E-state index contributed by atoms with van der Waals surface area (Å²) in [5.74, 6) is 0.692. The van der Waals surface area contributed by atoms with Crippen molar-refractivity contribution >= 4 is 17.7 Å². The van der Waals surface area contributed by atoms with Crippen molar-refractivity contribution in [1.29, 1.82) is 0 Å².